The minimum atomic E-state index is -1.10. The number of nitrogens with zero attached hydrogens (tertiary/aromatic N) is 2. The third-order valence-electron chi connectivity index (χ3n) is 6.77. The number of nitrogens with one attached hydrogen (secondary N) is 3. The molecule has 0 aliphatic rings. The number of aromatic amines is 1. The van der Waals surface area contributed by atoms with Gasteiger partial charge in [-0.25, -0.2) is 9.78 Å². The first kappa shape index (κ1) is 37.3. The van der Waals surface area contributed by atoms with Crippen LogP contribution in [-0.4, -0.2) is 64.1 Å². The lowest BCUT2D eigenvalue weighted by molar-refractivity contribution is -0.157. The van der Waals surface area contributed by atoms with Gasteiger partial charge in [0.1, 0.15) is 23.1 Å². The van der Waals surface area contributed by atoms with Crippen molar-refractivity contribution in [1.29, 1.82) is 0 Å². The number of fused-ring (bicyclic) bond motifs is 1. The average molecular weight is 660 g/mol. The van der Waals surface area contributed by atoms with Crippen LogP contribution < -0.4 is 21.1 Å². The first-order chi connectivity index (χ1) is 22.4. The molecule has 3 rings (SSSR count). The number of H-pyrrole nitrogens is 1. The van der Waals surface area contributed by atoms with E-state index in [-0.39, 0.29) is 49.4 Å². The molecule has 0 saturated carbocycles. The highest BCUT2D eigenvalue weighted by Gasteiger charge is 2.28. The minimum Gasteiger partial charge on any atom is -0.460 e. The molecule has 48 heavy (non-hydrogen) atoms. The zero-order chi connectivity index (χ0) is 35.6. The summed E-state index contributed by atoms with van der Waals surface area (Å²) in [5.74, 6) is 1.16. The number of carbonyl (C=O) groups is 4. The van der Waals surface area contributed by atoms with Crippen LogP contribution in [0.3, 0.4) is 0 Å². The summed E-state index contributed by atoms with van der Waals surface area (Å²) in [5, 5.41) is 5.82. The summed E-state index contributed by atoms with van der Waals surface area (Å²) in [7, 11) is 0. The van der Waals surface area contributed by atoms with Gasteiger partial charge in [-0.15, -0.1) is 6.42 Å². The number of hydrogen-bond acceptors (Lipinski definition) is 9. The third-order valence-corrected chi connectivity index (χ3v) is 6.77. The van der Waals surface area contributed by atoms with Crippen molar-refractivity contribution in [1.82, 2.24) is 20.6 Å². The molecule has 0 aliphatic heterocycles. The maximum absolute atomic E-state index is 13.3. The second-order valence-electron chi connectivity index (χ2n) is 13.4. The molecule has 12 nitrogen and oxygen atoms in total. The summed E-state index contributed by atoms with van der Waals surface area (Å²) in [6, 6.07) is 11.1. The predicted octanol–water partition coefficient (Wildman–Crippen LogP) is 3.94. The van der Waals surface area contributed by atoms with E-state index in [4.69, 9.17) is 15.9 Å². The fourth-order valence-corrected chi connectivity index (χ4v) is 4.72. The van der Waals surface area contributed by atoms with Crippen LogP contribution in [-0.2, 0) is 30.4 Å². The topological polar surface area (TPSA) is 160 Å². The summed E-state index contributed by atoms with van der Waals surface area (Å²) in [6.45, 7) is 12.9. The molecule has 0 radical (unpaired) electrons. The van der Waals surface area contributed by atoms with Gasteiger partial charge in [-0.1, -0.05) is 12.0 Å². The van der Waals surface area contributed by atoms with Crippen LogP contribution in [0.2, 0.25) is 0 Å². The molecule has 2 aromatic carbocycles. The van der Waals surface area contributed by atoms with Gasteiger partial charge in [-0.3, -0.25) is 19.2 Å². The van der Waals surface area contributed by atoms with Crippen LogP contribution in [0.25, 0.3) is 10.9 Å². The fraction of sp³-hybridized carbons (Fsp3) is 0.444. The molecule has 0 bridgehead atoms. The minimum absolute atomic E-state index is 0.00325. The Balaban J connectivity index is 1.67. The van der Waals surface area contributed by atoms with E-state index < -0.39 is 35.1 Å². The van der Waals surface area contributed by atoms with E-state index in [0.717, 1.165) is 11.3 Å². The van der Waals surface area contributed by atoms with Crippen LogP contribution in [0, 0.1) is 19.3 Å². The van der Waals surface area contributed by atoms with Crippen LogP contribution in [0.5, 0.6) is 0 Å². The van der Waals surface area contributed by atoms with Crippen molar-refractivity contribution >= 4 is 40.3 Å². The van der Waals surface area contributed by atoms with Gasteiger partial charge in [0.15, 0.2) is 0 Å². The van der Waals surface area contributed by atoms with Crippen molar-refractivity contribution in [2.45, 2.75) is 91.5 Å². The first-order valence-electron chi connectivity index (χ1n) is 15.7. The molecule has 256 valence electrons. The summed E-state index contributed by atoms with van der Waals surface area (Å²) in [4.78, 5) is 72.1. The molecule has 1 heterocycles. The molecule has 1 aromatic heterocycles. The molecule has 0 fully saturated rings. The predicted molar refractivity (Wildman–Crippen MR) is 183 cm³/mol. The van der Waals surface area contributed by atoms with E-state index in [1.54, 1.807) is 84.9 Å². The van der Waals surface area contributed by atoms with Crippen LogP contribution in [0.1, 0.15) is 82.6 Å². The molecular weight excluding hydrogens is 614 g/mol. The standard InChI is InChI=1S/C36H45N5O7/c1-9-20-41(22-24-10-15-28-27(21-24)33(45)39-23(2)38-28)26-13-11-25(12-14-26)32(44)40-29(34(46)48-36(6,7)8)16-17-30(42)37-19-18-31(43)47-35(3,4)5/h1,10-15,21,29H,16-20,22H2,2-8H3,(H,37,42)(H,40,44)(H,38,39,45)/t29-/m0/s1. The monoisotopic (exact) mass is 659 g/mol. The van der Waals surface area contributed by atoms with Crippen molar-refractivity contribution in [3.05, 3.63) is 69.8 Å². The number of amides is 2. The summed E-state index contributed by atoms with van der Waals surface area (Å²) >= 11 is 0. The Morgan fingerprint density at radius 2 is 1.65 bits per heavy atom. The first-order valence-corrected chi connectivity index (χ1v) is 15.7. The molecule has 0 aliphatic carbocycles. The lowest BCUT2D eigenvalue weighted by atomic mass is 10.1. The molecule has 2 amide bonds. The Morgan fingerprint density at radius 1 is 0.979 bits per heavy atom. The molecule has 0 spiro atoms. The third kappa shape index (κ3) is 11.9. The molecular formula is C36H45N5O7. The number of hydrogen-bond donors (Lipinski definition) is 3. The SMILES string of the molecule is C#CCN(Cc1ccc2nc(C)[nH]c(=O)c2c1)c1ccc(C(=O)N[C@@H](CCC(=O)NCCC(=O)OC(C)(C)C)C(=O)OC(C)(C)C)cc1. The summed E-state index contributed by atoms with van der Waals surface area (Å²) < 4.78 is 10.7. The molecule has 0 saturated heterocycles. The number of anilines is 1. The number of esters is 2. The van der Waals surface area contributed by atoms with Crippen molar-refractivity contribution in [2.24, 2.45) is 0 Å². The maximum Gasteiger partial charge on any atom is 0.329 e. The number of rotatable bonds is 13. The Hall–Kier alpha value is -5.18. The summed E-state index contributed by atoms with van der Waals surface area (Å²) in [6.07, 6.45) is 5.55. The van der Waals surface area contributed by atoms with E-state index in [0.29, 0.717) is 23.3 Å². The number of terminal acetylenes is 1. The molecule has 3 N–H and O–H groups in total. The zero-order valence-electron chi connectivity index (χ0n) is 28.7. The Labute approximate surface area is 281 Å². The Bertz CT molecular complexity index is 1730. The van der Waals surface area contributed by atoms with Gasteiger partial charge >= 0.3 is 11.9 Å². The largest absolute Gasteiger partial charge is 0.460 e. The highest BCUT2D eigenvalue weighted by Crippen LogP contribution is 2.20. The van der Waals surface area contributed by atoms with E-state index >= 15 is 0 Å². The normalized spacial score (nSPS) is 12.0. The highest BCUT2D eigenvalue weighted by molar-refractivity contribution is 5.97. The van der Waals surface area contributed by atoms with E-state index in [2.05, 4.69) is 26.5 Å². The van der Waals surface area contributed by atoms with Crippen LogP contribution >= 0.6 is 0 Å². The fourth-order valence-electron chi connectivity index (χ4n) is 4.72. The quantitative estimate of drug-likeness (QED) is 0.182. The van der Waals surface area contributed by atoms with Gasteiger partial charge in [0, 0.05) is 30.8 Å². The number of benzene rings is 2. The second-order valence-corrected chi connectivity index (χ2v) is 13.4. The lowest BCUT2D eigenvalue weighted by Crippen LogP contribution is -2.45. The Kier molecular flexibility index (Phi) is 12.5. The van der Waals surface area contributed by atoms with Gasteiger partial charge in [-0.2, -0.15) is 0 Å². The van der Waals surface area contributed by atoms with Gasteiger partial charge in [0.2, 0.25) is 5.91 Å². The van der Waals surface area contributed by atoms with E-state index in [9.17, 15) is 24.0 Å². The number of aromatic nitrogens is 2. The molecule has 12 heteroatoms. The highest BCUT2D eigenvalue weighted by atomic mass is 16.6. The number of carbonyl (C=O) groups excluding carboxylic acids is 4. The van der Waals surface area contributed by atoms with Crippen molar-refractivity contribution in [3.8, 4) is 12.3 Å². The number of aryl methyl sites for hydroxylation is 1. The second kappa shape index (κ2) is 16.1. The maximum atomic E-state index is 13.3. The van der Waals surface area contributed by atoms with Crippen molar-refractivity contribution in [2.75, 3.05) is 18.0 Å². The van der Waals surface area contributed by atoms with Gasteiger partial charge in [-0.05, 0) is 96.8 Å². The van der Waals surface area contributed by atoms with Crippen molar-refractivity contribution < 1.29 is 28.7 Å². The number of ether oxygens (including phenoxy) is 2. The van der Waals surface area contributed by atoms with Gasteiger partial charge in [0.25, 0.3) is 11.5 Å². The van der Waals surface area contributed by atoms with E-state index in [1.165, 1.54) is 0 Å². The lowest BCUT2D eigenvalue weighted by Gasteiger charge is -2.25. The van der Waals surface area contributed by atoms with Crippen LogP contribution in [0.15, 0.2) is 47.3 Å². The Morgan fingerprint density at radius 3 is 2.27 bits per heavy atom. The smallest absolute Gasteiger partial charge is 0.329 e. The van der Waals surface area contributed by atoms with Gasteiger partial charge < -0.3 is 30.0 Å². The molecule has 0 unspecified atom stereocenters. The zero-order valence-corrected chi connectivity index (χ0v) is 28.7. The van der Waals surface area contributed by atoms with Gasteiger partial charge in [0.05, 0.1) is 23.9 Å². The van der Waals surface area contributed by atoms with E-state index in [1.807, 2.05) is 11.0 Å². The van der Waals surface area contributed by atoms with Crippen molar-refractivity contribution in [3.63, 3.8) is 0 Å². The van der Waals surface area contributed by atoms with Crippen LogP contribution in [0.4, 0.5) is 5.69 Å². The molecule has 3 aromatic rings. The molecule has 1 atom stereocenters. The summed E-state index contributed by atoms with van der Waals surface area (Å²) in [5.41, 5.74) is 0.820. The average Bonchev–Trinajstić information content (AvgIpc) is 2.97.